The third-order valence-corrected chi connectivity index (χ3v) is 3.99. The van der Waals surface area contributed by atoms with Gasteiger partial charge in [-0.1, -0.05) is 36.4 Å². The van der Waals surface area contributed by atoms with Crippen LogP contribution in [0.3, 0.4) is 0 Å². The molecule has 0 heterocycles. The van der Waals surface area contributed by atoms with Gasteiger partial charge in [-0.2, -0.15) is 0 Å². The second kappa shape index (κ2) is 4.67. The zero-order valence-electron chi connectivity index (χ0n) is 10.9. The van der Waals surface area contributed by atoms with Crippen LogP contribution in [0.2, 0.25) is 0 Å². The average molecular weight is 254 g/mol. The van der Waals surface area contributed by atoms with Crippen molar-refractivity contribution in [2.24, 2.45) is 11.1 Å². The van der Waals surface area contributed by atoms with Crippen molar-refractivity contribution in [3.63, 3.8) is 0 Å². The zero-order valence-corrected chi connectivity index (χ0v) is 10.9. The highest BCUT2D eigenvalue weighted by Gasteiger charge is 2.48. The van der Waals surface area contributed by atoms with Crippen LogP contribution in [0.1, 0.15) is 18.4 Å². The topological polar surface area (TPSA) is 55.1 Å². The number of fused-ring (bicyclic) bond motifs is 1. The molecule has 3 heteroatoms. The van der Waals surface area contributed by atoms with Gasteiger partial charge in [0.2, 0.25) is 5.91 Å². The van der Waals surface area contributed by atoms with Gasteiger partial charge >= 0.3 is 0 Å². The zero-order chi connectivity index (χ0) is 13.3. The molecular formula is C16H18N2O. The molecule has 0 aromatic heterocycles. The van der Waals surface area contributed by atoms with Crippen LogP contribution in [0.25, 0.3) is 10.8 Å². The Kier molecular flexibility index (Phi) is 2.99. The molecule has 1 aliphatic rings. The smallest absolute Gasteiger partial charge is 0.227 e. The lowest BCUT2D eigenvalue weighted by atomic mass is 10.1. The van der Waals surface area contributed by atoms with Crippen LogP contribution in [0.5, 0.6) is 0 Å². The van der Waals surface area contributed by atoms with E-state index < -0.39 is 0 Å². The summed E-state index contributed by atoms with van der Waals surface area (Å²) in [6.07, 6.45) is 1.85. The van der Waals surface area contributed by atoms with E-state index in [-0.39, 0.29) is 11.3 Å². The Morgan fingerprint density at radius 3 is 2.58 bits per heavy atom. The first-order chi connectivity index (χ1) is 9.23. The van der Waals surface area contributed by atoms with E-state index >= 15 is 0 Å². The highest BCUT2D eigenvalue weighted by Crippen LogP contribution is 2.44. The molecule has 3 rings (SSSR count). The monoisotopic (exact) mass is 254 g/mol. The second-order valence-corrected chi connectivity index (χ2v) is 5.35. The molecule has 1 saturated carbocycles. The number of hydrogen-bond donors (Lipinski definition) is 2. The molecule has 98 valence electrons. The summed E-state index contributed by atoms with van der Waals surface area (Å²) >= 11 is 0. The van der Waals surface area contributed by atoms with E-state index in [2.05, 4.69) is 35.6 Å². The fourth-order valence-corrected chi connectivity index (χ4v) is 2.39. The van der Waals surface area contributed by atoms with E-state index in [4.69, 9.17) is 5.73 Å². The lowest BCUT2D eigenvalue weighted by Gasteiger charge is -2.13. The average Bonchev–Trinajstić information content (AvgIpc) is 3.25. The van der Waals surface area contributed by atoms with Gasteiger partial charge in [-0.15, -0.1) is 0 Å². The van der Waals surface area contributed by atoms with E-state index in [1.54, 1.807) is 0 Å². The minimum Gasteiger partial charge on any atom is -0.352 e. The van der Waals surface area contributed by atoms with E-state index in [1.165, 1.54) is 10.8 Å². The fourth-order valence-electron chi connectivity index (χ4n) is 2.39. The van der Waals surface area contributed by atoms with E-state index in [1.807, 2.05) is 12.1 Å². The molecule has 1 aliphatic carbocycles. The maximum Gasteiger partial charge on any atom is 0.227 e. The highest BCUT2D eigenvalue weighted by atomic mass is 16.2. The summed E-state index contributed by atoms with van der Waals surface area (Å²) in [4.78, 5) is 12.0. The van der Waals surface area contributed by atoms with Crippen LogP contribution < -0.4 is 11.1 Å². The van der Waals surface area contributed by atoms with Crippen molar-refractivity contribution < 1.29 is 4.79 Å². The molecule has 2 aromatic rings. The number of rotatable bonds is 4. The normalized spacial score (nSPS) is 16.3. The maximum absolute atomic E-state index is 12.0. The maximum atomic E-state index is 12.0. The van der Waals surface area contributed by atoms with Crippen molar-refractivity contribution >= 4 is 16.7 Å². The van der Waals surface area contributed by atoms with Gasteiger partial charge in [0, 0.05) is 13.1 Å². The Labute approximate surface area is 112 Å². The van der Waals surface area contributed by atoms with Crippen LogP contribution in [0.4, 0.5) is 0 Å². The molecule has 1 fully saturated rings. The van der Waals surface area contributed by atoms with Crippen molar-refractivity contribution in [2.75, 3.05) is 6.54 Å². The summed E-state index contributed by atoms with van der Waals surface area (Å²) in [5.41, 5.74) is 6.51. The second-order valence-electron chi connectivity index (χ2n) is 5.35. The summed E-state index contributed by atoms with van der Waals surface area (Å²) in [5.74, 6) is 0.100. The van der Waals surface area contributed by atoms with Gasteiger partial charge in [0.15, 0.2) is 0 Å². The number of carbonyl (C=O) groups is 1. The number of nitrogens with two attached hydrogens (primary N) is 1. The Morgan fingerprint density at radius 2 is 1.89 bits per heavy atom. The third-order valence-electron chi connectivity index (χ3n) is 3.99. The first-order valence-electron chi connectivity index (χ1n) is 6.70. The van der Waals surface area contributed by atoms with Crippen molar-refractivity contribution in [3.05, 3.63) is 48.0 Å². The Bertz CT molecular complexity index is 617. The largest absolute Gasteiger partial charge is 0.352 e. The number of benzene rings is 2. The van der Waals surface area contributed by atoms with E-state index in [9.17, 15) is 4.79 Å². The lowest BCUT2D eigenvalue weighted by Crippen LogP contribution is -2.36. The molecule has 0 aliphatic heterocycles. The van der Waals surface area contributed by atoms with Crippen LogP contribution in [-0.2, 0) is 11.3 Å². The predicted molar refractivity (Wildman–Crippen MR) is 76.5 cm³/mol. The molecule has 0 unspecified atom stereocenters. The number of carbonyl (C=O) groups excluding carboxylic acids is 1. The van der Waals surface area contributed by atoms with Crippen LogP contribution in [-0.4, -0.2) is 12.5 Å². The van der Waals surface area contributed by atoms with Crippen LogP contribution in [0, 0.1) is 5.41 Å². The molecule has 0 bridgehead atoms. The molecule has 0 saturated heterocycles. The Morgan fingerprint density at radius 1 is 1.16 bits per heavy atom. The van der Waals surface area contributed by atoms with Crippen molar-refractivity contribution in [3.8, 4) is 0 Å². The summed E-state index contributed by atoms with van der Waals surface area (Å²) in [5, 5.41) is 5.42. The van der Waals surface area contributed by atoms with Crippen LogP contribution in [0.15, 0.2) is 42.5 Å². The first kappa shape index (κ1) is 12.2. The van der Waals surface area contributed by atoms with Gasteiger partial charge in [0.1, 0.15) is 0 Å². The minimum absolute atomic E-state index is 0.100. The highest BCUT2D eigenvalue weighted by molar-refractivity contribution is 5.86. The molecule has 0 radical (unpaired) electrons. The Hall–Kier alpha value is -1.87. The van der Waals surface area contributed by atoms with Gasteiger partial charge < -0.3 is 11.1 Å². The fraction of sp³-hybridized carbons (Fsp3) is 0.312. The van der Waals surface area contributed by atoms with Gasteiger partial charge in [0.25, 0.3) is 0 Å². The molecule has 2 aromatic carbocycles. The standard InChI is InChI=1S/C16H18N2O/c17-11-16(7-8-16)15(19)18-10-12-5-6-13-3-1-2-4-14(13)9-12/h1-6,9H,7-8,10-11,17H2,(H,18,19). The summed E-state index contributed by atoms with van der Waals surface area (Å²) < 4.78 is 0. The van der Waals surface area contributed by atoms with Gasteiger partial charge in [-0.05, 0) is 35.2 Å². The summed E-state index contributed by atoms with van der Waals surface area (Å²) in [6.45, 7) is 1.03. The van der Waals surface area contributed by atoms with Crippen molar-refractivity contribution in [1.82, 2.24) is 5.32 Å². The molecule has 19 heavy (non-hydrogen) atoms. The summed E-state index contributed by atoms with van der Waals surface area (Å²) in [7, 11) is 0. The predicted octanol–water partition coefficient (Wildman–Crippen LogP) is 2.19. The van der Waals surface area contributed by atoms with Crippen molar-refractivity contribution in [1.29, 1.82) is 0 Å². The molecule has 1 amide bonds. The number of amides is 1. The van der Waals surface area contributed by atoms with Crippen LogP contribution >= 0.6 is 0 Å². The first-order valence-corrected chi connectivity index (χ1v) is 6.70. The SMILES string of the molecule is NCC1(C(=O)NCc2ccc3ccccc3c2)CC1. The molecule has 3 nitrogen and oxygen atoms in total. The molecule has 3 N–H and O–H groups in total. The molecule has 0 atom stereocenters. The van der Waals surface area contributed by atoms with E-state index in [0.29, 0.717) is 13.1 Å². The third kappa shape index (κ3) is 2.34. The number of hydrogen-bond acceptors (Lipinski definition) is 2. The summed E-state index contributed by atoms with van der Waals surface area (Å²) in [6, 6.07) is 14.5. The molecule has 0 spiro atoms. The van der Waals surface area contributed by atoms with E-state index in [0.717, 1.165) is 18.4 Å². The van der Waals surface area contributed by atoms with Gasteiger partial charge in [0.05, 0.1) is 5.41 Å². The Balaban J connectivity index is 1.70. The lowest BCUT2D eigenvalue weighted by molar-refractivity contribution is -0.126. The quantitative estimate of drug-likeness (QED) is 0.878. The molecular weight excluding hydrogens is 236 g/mol. The van der Waals surface area contributed by atoms with Gasteiger partial charge in [-0.25, -0.2) is 0 Å². The minimum atomic E-state index is -0.267. The van der Waals surface area contributed by atoms with Gasteiger partial charge in [-0.3, -0.25) is 4.79 Å². The van der Waals surface area contributed by atoms with Crippen molar-refractivity contribution in [2.45, 2.75) is 19.4 Å². The number of nitrogens with one attached hydrogen (secondary N) is 1.